The van der Waals surface area contributed by atoms with E-state index in [1.54, 1.807) is 0 Å². The Hall–Kier alpha value is -1.28. The molecule has 0 radical (unpaired) electrons. The molecule has 1 unspecified atom stereocenters. The van der Waals surface area contributed by atoms with Crippen molar-refractivity contribution in [2.75, 3.05) is 11.9 Å². The SMILES string of the molecule is NCC(Nc1ccccc1S(=O)(=O)C(F)(F)F)C1CC1. The Morgan fingerprint density at radius 3 is 2.40 bits per heavy atom. The van der Waals surface area contributed by atoms with E-state index in [2.05, 4.69) is 5.32 Å². The van der Waals surface area contributed by atoms with Crippen molar-refractivity contribution >= 4 is 15.5 Å². The summed E-state index contributed by atoms with van der Waals surface area (Å²) >= 11 is 0. The van der Waals surface area contributed by atoms with Gasteiger partial charge in [-0.1, -0.05) is 12.1 Å². The number of nitrogens with one attached hydrogen (secondary N) is 1. The molecule has 0 bridgehead atoms. The molecule has 3 N–H and O–H groups in total. The first kappa shape index (κ1) is 15.1. The van der Waals surface area contributed by atoms with Crippen LogP contribution in [-0.4, -0.2) is 26.5 Å². The van der Waals surface area contributed by atoms with E-state index >= 15 is 0 Å². The third-order valence-electron chi connectivity index (χ3n) is 3.27. The molecule has 1 aromatic carbocycles. The van der Waals surface area contributed by atoms with Gasteiger partial charge in [0.2, 0.25) is 0 Å². The van der Waals surface area contributed by atoms with Crippen LogP contribution in [0.3, 0.4) is 0 Å². The van der Waals surface area contributed by atoms with E-state index in [0.717, 1.165) is 18.9 Å². The number of hydrogen-bond acceptors (Lipinski definition) is 4. The van der Waals surface area contributed by atoms with Crippen molar-refractivity contribution in [3.8, 4) is 0 Å². The summed E-state index contributed by atoms with van der Waals surface area (Å²) in [5.74, 6) is 0.293. The molecule has 4 nitrogen and oxygen atoms in total. The van der Waals surface area contributed by atoms with Crippen LogP contribution in [-0.2, 0) is 9.84 Å². The summed E-state index contributed by atoms with van der Waals surface area (Å²) in [6.07, 6.45) is 1.89. The lowest BCUT2D eigenvalue weighted by atomic mass is 10.1. The van der Waals surface area contributed by atoms with Crippen LogP contribution in [0.2, 0.25) is 0 Å². The molecular formula is C12H15F3N2O2S. The highest BCUT2D eigenvalue weighted by atomic mass is 32.2. The van der Waals surface area contributed by atoms with Crippen molar-refractivity contribution in [3.63, 3.8) is 0 Å². The van der Waals surface area contributed by atoms with Gasteiger partial charge >= 0.3 is 5.51 Å². The van der Waals surface area contributed by atoms with Crippen molar-refractivity contribution in [2.45, 2.75) is 29.3 Å². The molecule has 0 spiro atoms. The lowest BCUT2D eigenvalue weighted by Crippen LogP contribution is -2.32. The summed E-state index contributed by atoms with van der Waals surface area (Å²) in [6, 6.07) is 4.81. The first-order valence-corrected chi connectivity index (χ1v) is 7.62. The fourth-order valence-corrected chi connectivity index (χ4v) is 2.94. The molecule has 112 valence electrons. The largest absolute Gasteiger partial charge is 0.501 e. The van der Waals surface area contributed by atoms with E-state index < -0.39 is 20.2 Å². The molecule has 1 fully saturated rings. The summed E-state index contributed by atoms with van der Waals surface area (Å²) in [6.45, 7) is 0.241. The van der Waals surface area contributed by atoms with Crippen LogP contribution >= 0.6 is 0 Å². The molecule has 8 heteroatoms. The highest BCUT2D eigenvalue weighted by Crippen LogP contribution is 2.37. The highest BCUT2D eigenvalue weighted by molar-refractivity contribution is 7.92. The third-order valence-corrected chi connectivity index (χ3v) is 4.81. The van der Waals surface area contributed by atoms with Gasteiger partial charge in [0.1, 0.15) is 0 Å². The molecule has 2 rings (SSSR count). The zero-order valence-electron chi connectivity index (χ0n) is 10.5. The molecule has 1 saturated carbocycles. The first-order valence-electron chi connectivity index (χ1n) is 6.14. The lowest BCUT2D eigenvalue weighted by molar-refractivity contribution is -0.0435. The molecule has 1 aliphatic carbocycles. The molecule has 0 amide bonds. The first-order chi connectivity index (χ1) is 9.27. The van der Waals surface area contributed by atoms with Crippen LogP contribution in [0.4, 0.5) is 18.9 Å². The average molecular weight is 308 g/mol. The Bertz CT molecular complexity index is 583. The van der Waals surface area contributed by atoms with E-state index in [9.17, 15) is 21.6 Å². The normalized spacial score (nSPS) is 17.8. The van der Waals surface area contributed by atoms with Crippen LogP contribution in [0.1, 0.15) is 12.8 Å². The Labute approximate surface area is 115 Å². The van der Waals surface area contributed by atoms with Gasteiger partial charge in [-0.3, -0.25) is 0 Å². The number of rotatable bonds is 5. The Morgan fingerprint density at radius 1 is 1.30 bits per heavy atom. The van der Waals surface area contributed by atoms with Gasteiger partial charge in [-0.2, -0.15) is 13.2 Å². The number of benzene rings is 1. The summed E-state index contributed by atoms with van der Waals surface area (Å²) in [4.78, 5) is -0.758. The van der Waals surface area contributed by atoms with Crippen molar-refractivity contribution in [1.82, 2.24) is 0 Å². The highest BCUT2D eigenvalue weighted by Gasteiger charge is 2.48. The van der Waals surface area contributed by atoms with Gasteiger partial charge in [0, 0.05) is 12.6 Å². The van der Waals surface area contributed by atoms with Crippen LogP contribution in [0.25, 0.3) is 0 Å². The quantitative estimate of drug-likeness (QED) is 0.874. The maximum absolute atomic E-state index is 12.6. The van der Waals surface area contributed by atoms with Crippen molar-refractivity contribution in [1.29, 1.82) is 0 Å². The van der Waals surface area contributed by atoms with Gasteiger partial charge < -0.3 is 11.1 Å². The summed E-state index contributed by atoms with van der Waals surface area (Å²) in [7, 11) is -5.37. The molecule has 0 aromatic heterocycles. The Morgan fingerprint density at radius 2 is 1.90 bits per heavy atom. The van der Waals surface area contributed by atoms with Crippen LogP contribution in [0, 0.1) is 5.92 Å². The summed E-state index contributed by atoms with van der Waals surface area (Å²) in [5.41, 5.74) is 0.206. The average Bonchev–Trinajstić information content (AvgIpc) is 3.19. The molecule has 1 aliphatic rings. The molecule has 0 heterocycles. The van der Waals surface area contributed by atoms with Gasteiger partial charge in [0.05, 0.1) is 10.6 Å². The third kappa shape index (κ3) is 2.90. The number of para-hydroxylation sites is 1. The van der Waals surface area contributed by atoms with Gasteiger partial charge in [0.25, 0.3) is 9.84 Å². The van der Waals surface area contributed by atoms with E-state index in [-0.39, 0.29) is 18.3 Å². The smallest absolute Gasteiger partial charge is 0.380 e. The molecule has 20 heavy (non-hydrogen) atoms. The molecular weight excluding hydrogens is 293 g/mol. The second-order valence-corrected chi connectivity index (χ2v) is 6.68. The minimum atomic E-state index is -5.37. The van der Waals surface area contributed by atoms with E-state index in [0.29, 0.717) is 5.92 Å². The van der Waals surface area contributed by atoms with Gasteiger partial charge in [-0.15, -0.1) is 0 Å². The van der Waals surface area contributed by atoms with Crippen molar-refractivity contribution in [2.24, 2.45) is 11.7 Å². The number of sulfone groups is 1. The standard InChI is InChI=1S/C12H15F3N2O2S/c13-12(14,15)20(18,19)11-4-2-1-3-9(11)17-10(7-16)8-5-6-8/h1-4,8,10,17H,5-7,16H2. The van der Waals surface area contributed by atoms with E-state index in [4.69, 9.17) is 5.73 Å². The number of alkyl halides is 3. The van der Waals surface area contributed by atoms with Crippen molar-refractivity contribution < 1.29 is 21.6 Å². The second kappa shape index (κ2) is 5.25. The number of hydrogen-bond donors (Lipinski definition) is 2. The predicted molar refractivity (Wildman–Crippen MR) is 68.9 cm³/mol. The van der Waals surface area contributed by atoms with Gasteiger partial charge in [-0.05, 0) is 30.9 Å². The summed E-state index contributed by atoms with van der Waals surface area (Å²) < 4.78 is 61.0. The predicted octanol–water partition coefficient (Wildman–Crippen LogP) is 2.13. The van der Waals surface area contributed by atoms with Crippen LogP contribution < -0.4 is 11.1 Å². The number of halogens is 3. The zero-order valence-corrected chi connectivity index (χ0v) is 11.3. The summed E-state index contributed by atoms with van der Waals surface area (Å²) in [5, 5.41) is 2.83. The fourth-order valence-electron chi connectivity index (χ4n) is 2.01. The van der Waals surface area contributed by atoms with E-state index in [1.807, 2.05) is 0 Å². The van der Waals surface area contributed by atoms with E-state index in [1.165, 1.54) is 18.2 Å². The maximum Gasteiger partial charge on any atom is 0.501 e. The number of nitrogens with two attached hydrogens (primary N) is 1. The van der Waals surface area contributed by atoms with Crippen molar-refractivity contribution in [3.05, 3.63) is 24.3 Å². The van der Waals surface area contributed by atoms with Crippen LogP contribution in [0.15, 0.2) is 29.2 Å². The minimum Gasteiger partial charge on any atom is -0.380 e. The molecule has 0 aliphatic heterocycles. The molecule has 1 aromatic rings. The zero-order chi connectivity index (χ0) is 15.0. The Kier molecular flexibility index (Phi) is 3.97. The fraction of sp³-hybridized carbons (Fsp3) is 0.500. The monoisotopic (exact) mass is 308 g/mol. The minimum absolute atomic E-state index is 0.0489. The van der Waals surface area contributed by atoms with Gasteiger partial charge in [0.15, 0.2) is 0 Å². The number of anilines is 1. The maximum atomic E-state index is 12.6. The Balaban J connectivity index is 2.36. The lowest BCUT2D eigenvalue weighted by Gasteiger charge is -2.20. The topological polar surface area (TPSA) is 72.2 Å². The van der Waals surface area contributed by atoms with Crippen LogP contribution in [0.5, 0.6) is 0 Å². The molecule has 0 saturated heterocycles. The molecule has 1 atom stereocenters. The van der Waals surface area contributed by atoms with Gasteiger partial charge in [-0.25, -0.2) is 8.42 Å². The second-order valence-electron chi connectivity index (χ2n) is 4.77.